The number of carbonyl (C=O) groups excluding carboxylic acids is 1. The maximum atomic E-state index is 11.1. The first-order valence-corrected chi connectivity index (χ1v) is 5.69. The fourth-order valence-corrected chi connectivity index (χ4v) is 1.97. The maximum absolute atomic E-state index is 11.1. The Morgan fingerprint density at radius 3 is 2.59 bits per heavy atom. The molecule has 0 radical (unpaired) electrons. The van der Waals surface area contributed by atoms with Crippen LogP contribution in [0, 0.1) is 0 Å². The first-order valence-electron chi connectivity index (χ1n) is 4.94. The highest BCUT2D eigenvalue weighted by Crippen LogP contribution is 2.29. The summed E-state index contributed by atoms with van der Waals surface area (Å²) in [5, 5.41) is 13.1. The minimum Gasteiger partial charge on any atom is -0.386 e. The Labute approximate surface area is 109 Å². The van der Waals surface area contributed by atoms with Gasteiger partial charge >= 0.3 is 0 Å². The molecule has 0 spiro atoms. The van der Waals surface area contributed by atoms with Crippen LogP contribution in [0.4, 0.5) is 0 Å². The first kappa shape index (κ1) is 14.3. The van der Waals surface area contributed by atoms with E-state index in [1.807, 2.05) is 0 Å². The lowest BCUT2D eigenvalue weighted by atomic mass is 10.1. The van der Waals surface area contributed by atoms with E-state index in [4.69, 9.17) is 23.2 Å². The quantitative estimate of drug-likeness (QED) is 0.863. The second kappa shape index (κ2) is 6.81. The largest absolute Gasteiger partial charge is 0.386 e. The van der Waals surface area contributed by atoms with Crippen molar-refractivity contribution in [1.29, 1.82) is 0 Å². The summed E-state index contributed by atoms with van der Waals surface area (Å²) in [6.07, 6.45) is -0.947. The number of benzene rings is 1. The Bertz CT molecular complexity index is 378. The van der Waals surface area contributed by atoms with Crippen molar-refractivity contribution in [2.45, 2.75) is 6.10 Å². The van der Waals surface area contributed by atoms with Gasteiger partial charge in [0.15, 0.2) is 0 Å². The van der Waals surface area contributed by atoms with Crippen molar-refractivity contribution in [3.05, 3.63) is 33.8 Å². The Hall–Kier alpha value is -0.810. The highest BCUT2D eigenvalue weighted by molar-refractivity contribution is 6.36. The van der Waals surface area contributed by atoms with E-state index >= 15 is 0 Å². The Kier molecular flexibility index (Phi) is 5.71. The number of methoxy groups -OCH3 is 1. The summed E-state index contributed by atoms with van der Waals surface area (Å²) in [7, 11) is 1.42. The topological polar surface area (TPSA) is 58.6 Å². The first-order chi connectivity index (χ1) is 8.06. The fourth-order valence-electron chi connectivity index (χ4n) is 1.32. The lowest BCUT2D eigenvalue weighted by molar-refractivity contribution is -0.125. The van der Waals surface area contributed by atoms with Gasteiger partial charge in [-0.2, -0.15) is 0 Å². The van der Waals surface area contributed by atoms with Gasteiger partial charge in [0.05, 0.1) is 6.10 Å². The van der Waals surface area contributed by atoms with E-state index in [0.717, 1.165) is 0 Å². The van der Waals surface area contributed by atoms with Gasteiger partial charge in [0.2, 0.25) is 5.91 Å². The number of hydrogen-bond acceptors (Lipinski definition) is 3. The van der Waals surface area contributed by atoms with Crippen LogP contribution in [0.5, 0.6) is 0 Å². The summed E-state index contributed by atoms with van der Waals surface area (Å²) >= 11 is 11.8. The van der Waals surface area contributed by atoms with Gasteiger partial charge in [-0.1, -0.05) is 29.3 Å². The molecule has 1 atom stereocenters. The molecule has 2 N–H and O–H groups in total. The molecule has 0 aromatic heterocycles. The molecule has 1 rings (SSSR count). The van der Waals surface area contributed by atoms with Crippen LogP contribution in [0.1, 0.15) is 11.7 Å². The molecule has 4 nitrogen and oxygen atoms in total. The standard InChI is InChI=1S/C11H13Cl2NO3/c1-17-6-10(16)14-5-9(15)11-7(12)3-2-4-8(11)13/h2-4,9,15H,5-6H2,1H3,(H,14,16). The fraction of sp³-hybridized carbons (Fsp3) is 0.364. The predicted molar refractivity (Wildman–Crippen MR) is 66.3 cm³/mol. The number of amides is 1. The molecule has 0 saturated carbocycles. The Balaban J connectivity index is 2.64. The van der Waals surface area contributed by atoms with Gasteiger partial charge in [0, 0.05) is 29.3 Å². The molecule has 0 aliphatic rings. The average Bonchev–Trinajstić information content (AvgIpc) is 2.26. The van der Waals surface area contributed by atoms with Gasteiger partial charge in [-0.15, -0.1) is 0 Å². The van der Waals surface area contributed by atoms with Gasteiger partial charge in [-0.3, -0.25) is 4.79 Å². The van der Waals surface area contributed by atoms with Crippen LogP contribution in [-0.2, 0) is 9.53 Å². The van der Waals surface area contributed by atoms with Crippen LogP contribution < -0.4 is 5.32 Å². The predicted octanol–water partition coefficient (Wildman–Crippen LogP) is 1.79. The zero-order valence-electron chi connectivity index (χ0n) is 9.24. The Morgan fingerprint density at radius 2 is 2.06 bits per heavy atom. The second-order valence-corrected chi connectivity index (χ2v) is 4.20. The van der Waals surface area contributed by atoms with E-state index in [9.17, 15) is 9.90 Å². The van der Waals surface area contributed by atoms with E-state index in [-0.39, 0.29) is 19.1 Å². The number of nitrogens with one attached hydrogen (secondary N) is 1. The third-order valence-electron chi connectivity index (χ3n) is 2.10. The van der Waals surface area contributed by atoms with Crippen LogP contribution in [0.3, 0.4) is 0 Å². The minimum absolute atomic E-state index is 0.0334. The molecule has 1 aromatic rings. The zero-order chi connectivity index (χ0) is 12.8. The minimum atomic E-state index is -0.947. The van der Waals surface area contributed by atoms with Crippen molar-refractivity contribution in [3.63, 3.8) is 0 Å². The van der Waals surface area contributed by atoms with Gasteiger partial charge in [-0.05, 0) is 12.1 Å². The number of aliphatic hydroxyl groups is 1. The third kappa shape index (κ3) is 4.16. The highest BCUT2D eigenvalue weighted by atomic mass is 35.5. The van der Waals surface area contributed by atoms with E-state index in [2.05, 4.69) is 10.1 Å². The van der Waals surface area contributed by atoms with Crippen molar-refractivity contribution in [1.82, 2.24) is 5.32 Å². The molecule has 1 amide bonds. The summed E-state index contributed by atoms with van der Waals surface area (Å²) in [6, 6.07) is 4.94. The lowest BCUT2D eigenvalue weighted by Gasteiger charge is -2.15. The number of halogens is 2. The summed E-state index contributed by atoms with van der Waals surface area (Å²) in [6.45, 7) is -0.0192. The number of rotatable bonds is 5. The molecular formula is C11H13Cl2NO3. The molecule has 6 heteroatoms. The molecule has 1 unspecified atom stereocenters. The monoisotopic (exact) mass is 277 g/mol. The van der Waals surface area contributed by atoms with Crippen LogP contribution in [0.15, 0.2) is 18.2 Å². The smallest absolute Gasteiger partial charge is 0.246 e. The lowest BCUT2D eigenvalue weighted by Crippen LogP contribution is -2.31. The number of ether oxygens (including phenoxy) is 1. The van der Waals surface area contributed by atoms with E-state index in [1.165, 1.54) is 7.11 Å². The van der Waals surface area contributed by atoms with Crippen molar-refractivity contribution in [2.24, 2.45) is 0 Å². The summed E-state index contributed by atoms with van der Waals surface area (Å²) in [5.74, 6) is -0.310. The molecule has 94 valence electrons. The molecule has 1 aromatic carbocycles. The molecule has 0 saturated heterocycles. The van der Waals surface area contributed by atoms with Crippen LogP contribution in [0.25, 0.3) is 0 Å². The van der Waals surface area contributed by atoms with Crippen molar-refractivity contribution in [3.8, 4) is 0 Å². The number of hydrogen-bond donors (Lipinski definition) is 2. The van der Waals surface area contributed by atoms with Crippen molar-refractivity contribution < 1.29 is 14.6 Å². The van der Waals surface area contributed by atoms with Gasteiger partial charge < -0.3 is 15.2 Å². The molecule has 0 fully saturated rings. The summed E-state index contributed by atoms with van der Waals surface area (Å²) in [4.78, 5) is 11.1. The van der Waals surface area contributed by atoms with Crippen LogP contribution in [0.2, 0.25) is 10.0 Å². The van der Waals surface area contributed by atoms with E-state index in [1.54, 1.807) is 18.2 Å². The number of aliphatic hydroxyl groups excluding tert-OH is 1. The normalized spacial score (nSPS) is 12.2. The summed E-state index contributed by atoms with van der Waals surface area (Å²) in [5.41, 5.74) is 0.411. The Morgan fingerprint density at radius 1 is 1.47 bits per heavy atom. The molecular weight excluding hydrogens is 265 g/mol. The van der Waals surface area contributed by atoms with Gasteiger partial charge in [0.1, 0.15) is 6.61 Å². The molecule has 0 aliphatic heterocycles. The molecule has 0 aliphatic carbocycles. The average molecular weight is 278 g/mol. The van der Waals surface area contributed by atoms with Crippen molar-refractivity contribution in [2.75, 3.05) is 20.3 Å². The SMILES string of the molecule is COCC(=O)NCC(O)c1c(Cl)cccc1Cl. The maximum Gasteiger partial charge on any atom is 0.246 e. The highest BCUT2D eigenvalue weighted by Gasteiger charge is 2.15. The van der Waals surface area contributed by atoms with Gasteiger partial charge in [0.25, 0.3) is 0 Å². The van der Waals surface area contributed by atoms with Gasteiger partial charge in [-0.25, -0.2) is 0 Å². The van der Waals surface area contributed by atoms with E-state index < -0.39 is 6.10 Å². The van der Waals surface area contributed by atoms with Crippen LogP contribution in [-0.4, -0.2) is 31.3 Å². The molecule has 0 bridgehead atoms. The third-order valence-corrected chi connectivity index (χ3v) is 2.76. The second-order valence-electron chi connectivity index (χ2n) is 3.39. The molecule has 0 heterocycles. The zero-order valence-corrected chi connectivity index (χ0v) is 10.8. The van der Waals surface area contributed by atoms with E-state index in [0.29, 0.717) is 15.6 Å². The number of carbonyl (C=O) groups is 1. The van der Waals surface area contributed by atoms with Crippen molar-refractivity contribution >= 4 is 29.1 Å². The van der Waals surface area contributed by atoms with Crippen LogP contribution >= 0.6 is 23.2 Å². The summed E-state index contributed by atoms with van der Waals surface area (Å²) < 4.78 is 4.64. The molecule has 17 heavy (non-hydrogen) atoms.